The average Bonchev–Trinajstić information content (AvgIpc) is 3.12. The fourth-order valence-corrected chi connectivity index (χ4v) is 3.49. The molecule has 8 heteroatoms. The van der Waals surface area contributed by atoms with Crippen molar-refractivity contribution < 1.29 is 19.1 Å². The summed E-state index contributed by atoms with van der Waals surface area (Å²) in [5, 5.41) is 2.91. The van der Waals surface area contributed by atoms with Gasteiger partial charge in [-0.1, -0.05) is 12.1 Å². The molecule has 0 saturated carbocycles. The number of benzene rings is 1. The quantitative estimate of drug-likeness (QED) is 0.727. The van der Waals surface area contributed by atoms with Crippen molar-refractivity contribution in [1.29, 1.82) is 0 Å². The minimum Gasteiger partial charge on any atom is -0.497 e. The Morgan fingerprint density at radius 1 is 1.29 bits per heavy atom. The Hall–Kier alpha value is -2.74. The van der Waals surface area contributed by atoms with Crippen molar-refractivity contribution in [2.45, 2.75) is 24.3 Å². The van der Waals surface area contributed by atoms with Crippen molar-refractivity contribution in [2.24, 2.45) is 0 Å². The highest BCUT2D eigenvalue weighted by Crippen LogP contribution is 2.23. The molecule has 0 bridgehead atoms. The smallest absolute Gasteiger partial charge is 0.410 e. The summed E-state index contributed by atoms with van der Waals surface area (Å²) in [5.41, 5.74) is 1.36. The predicted molar refractivity (Wildman–Crippen MR) is 108 cm³/mol. The van der Waals surface area contributed by atoms with Crippen LogP contribution in [0.3, 0.4) is 0 Å². The van der Waals surface area contributed by atoms with Crippen LogP contribution >= 0.6 is 12.6 Å². The van der Waals surface area contributed by atoms with E-state index in [-0.39, 0.29) is 23.8 Å². The highest BCUT2D eigenvalue weighted by atomic mass is 32.1. The molecule has 2 amide bonds. The first-order valence-corrected chi connectivity index (χ1v) is 9.51. The third-order valence-electron chi connectivity index (χ3n) is 4.57. The van der Waals surface area contributed by atoms with Crippen molar-refractivity contribution in [1.82, 2.24) is 15.2 Å². The zero-order valence-corrected chi connectivity index (χ0v) is 16.5. The maximum Gasteiger partial charge on any atom is 0.410 e. The number of nitrogens with one attached hydrogen (secondary N) is 1. The maximum atomic E-state index is 12.5. The number of thiol groups is 1. The number of hydrogen-bond donors (Lipinski definition) is 2. The third-order valence-corrected chi connectivity index (χ3v) is 4.94. The Labute approximate surface area is 169 Å². The van der Waals surface area contributed by atoms with E-state index in [9.17, 15) is 9.59 Å². The number of rotatable bonds is 6. The summed E-state index contributed by atoms with van der Waals surface area (Å²) in [6, 6.07) is 10.6. The molecule has 7 nitrogen and oxygen atoms in total. The first kappa shape index (κ1) is 20.0. The standard InChI is InChI=1S/C20H23N3O4S/c1-26-17-6-4-14(5-7-17)13-27-20(25)23-12-18(28)9-16(23)11-22-19(24)15-3-2-8-21-10-15/h2-8,10,16,18,28H,9,11-13H2,1H3,(H,22,24)/t16-,18-/m0/s1. The van der Waals surface area contributed by atoms with E-state index in [1.165, 1.54) is 6.20 Å². The summed E-state index contributed by atoms with van der Waals surface area (Å²) in [5.74, 6) is 0.527. The summed E-state index contributed by atoms with van der Waals surface area (Å²) in [7, 11) is 1.60. The van der Waals surface area contributed by atoms with Crippen LogP contribution in [-0.4, -0.2) is 53.4 Å². The normalized spacial score (nSPS) is 18.6. The Bertz CT molecular complexity index is 801. The molecule has 2 atom stereocenters. The van der Waals surface area contributed by atoms with Crippen molar-refractivity contribution in [3.63, 3.8) is 0 Å². The van der Waals surface area contributed by atoms with Crippen molar-refractivity contribution in [2.75, 3.05) is 20.2 Å². The molecule has 1 saturated heterocycles. The van der Waals surface area contributed by atoms with Crippen molar-refractivity contribution in [3.8, 4) is 5.75 Å². The van der Waals surface area contributed by atoms with Crippen molar-refractivity contribution >= 4 is 24.6 Å². The van der Waals surface area contributed by atoms with Gasteiger partial charge in [-0.15, -0.1) is 0 Å². The molecule has 28 heavy (non-hydrogen) atoms. The topological polar surface area (TPSA) is 80.8 Å². The minimum atomic E-state index is -0.409. The number of pyridine rings is 1. The second-order valence-electron chi connectivity index (χ2n) is 6.55. The van der Waals surface area contributed by atoms with Crippen molar-refractivity contribution in [3.05, 3.63) is 59.9 Å². The second-order valence-corrected chi connectivity index (χ2v) is 7.28. The number of carbonyl (C=O) groups is 2. The number of carbonyl (C=O) groups excluding carboxylic acids is 2. The van der Waals surface area contributed by atoms with Crippen LogP contribution in [0.5, 0.6) is 5.75 Å². The van der Waals surface area contributed by atoms with Gasteiger partial charge in [-0.2, -0.15) is 12.6 Å². The van der Waals surface area contributed by atoms with Gasteiger partial charge >= 0.3 is 6.09 Å². The molecule has 148 valence electrons. The highest BCUT2D eigenvalue weighted by Gasteiger charge is 2.34. The van der Waals surface area contributed by atoms with Crippen LogP contribution in [-0.2, 0) is 11.3 Å². The number of amides is 2. The molecule has 1 aliphatic rings. The van der Waals surface area contributed by atoms with Crippen LogP contribution in [0.4, 0.5) is 4.79 Å². The molecule has 1 aromatic heterocycles. The van der Waals surface area contributed by atoms with Crippen LogP contribution in [0.1, 0.15) is 22.3 Å². The zero-order valence-electron chi connectivity index (χ0n) is 15.6. The molecular formula is C20H23N3O4S. The first-order chi connectivity index (χ1) is 13.6. The van der Waals surface area contributed by atoms with E-state index in [2.05, 4.69) is 22.9 Å². The van der Waals surface area contributed by atoms with Gasteiger partial charge in [0, 0.05) is 30.7 Å². The average molecular weight is 401 g/mol. The molecular weight excluding hydrogens is 378 g/mol. The number of nitrogens with zero attached hydrogens (tertiary/aromatic N) is 2. The van der Waals surface area contributed by atoms with E-state index in [0.717, 1.165) is 11.3 Å². The molecule has 0 spiro atoms. The number of ether oxygens (including phenoxy) is 2. The Balaban J connectivity index is 1.53. The predicted octanol–water partition coefficient (Wildman–Crippen LogP) is 2.53. The van der Waals surface area contributed by atoms with Crippen LogP contribution in [0, 0.1) is 0 Å². The zero-order chi connectivity index (χ0) is 19.9. The lowest BCUT2D eigenvalue weighted by Gasteiger charge is -2.24. The Morgan fingerprint density at radius 3 is 2.75 bits per heavy atom. The first-order valence-electron chi connectivity index (χ1n) is 8.99. The lowest BCUT2D eigenvalue weighted by Crippen LogP contribution is -2.43. The van der Waals surface area contributed by atoms with Crippen LogP contribution in [0.15, 0.2) is 48.8 Å². The lowest BCUT2D eigenvalue weighted by molar-refractivity contribution is 0.0860. The number of likely N-dealkylation sites (tertiary alicyclic amines) is 1. The van der Waals surface area contributed by atoms with Crippen LogP contribution < -0.4 is 10.1 Å². The van der Waals surface area contributed by atoms with Gasteiger partial charge in [0.05, 0.1) is 18.7 Å². The summed E-state index contributed by atoms with van der Waals surface area (Å²) in [6.07, 6.45) is 3.40. The fraction of sp³-hybridized carbons (Fsp3) is 0.350. The number of hydrogen-bond acceptors (Lipinski definition) is 6. The van der Waals surface area contributed by atoms with E-state index >= 15 is 0 Å². The van der Waals surface area contributed by atoms with E-state index in [1.54, 1.807) is 30.3 Å². The SMILES string of the molecule is COc1ccc(COC(=O)N2C[C@@H](S)C[C@H]2CNC(=O)c2cccnc2)cc1. The molecule has 1 N–H and O–H groups in total. The Kier molecular flexibility index (Phi) is 6.76. The van der Waals surface area contributed by atoms with Gasteiger partial charge in [0.1, 0.15) is 12.4 Å². The van der Waals surface area contributed by atoms with Gasteiger partial charge in [-0.05, 0) is 36.2 Å². The summed E-state index contributed by atoms with van der Waals surface area (Å²) >= 11 is 4.49. The Morgan fingerprint density at radius 2 is 2.07 bits per heavy atom. The molecule has 0 unspecified atom stereocenters. The van der Waals surface area contributed by atoms with E-state index in [0.29, 0.717) is 25.1 Å². The minimum absolute atomic E-state index is 0.0498. The van der Waals surface area contributed by atoms with Gasteiger partial charge in [-0.25, -0.2) is 4.79 Å². The molecule has 2 aromatic rings. The second kappa shape index (κ2) is 9.45. The summed E-state index contributed by atoms with van der Waals surface area (Å²) < 4.78 is 10.6. The van der Waals surface area contributed by atoms with Gasteiger partial charge < -0.3 is 19.7 Å². The van der Waals surface area contributed by atoms with Gasteiger partial charge in [0.15, 0.2) is 0 Å². The molecule has 1 fully saturated rings. The van der Waals surface area contributed by atoms with E-state index < -0.39 is 6.09 Å². The van der Waals surface area contributed by atoms with Gasteiger partial charge in [-0.3, -0.25) is 9.78 Å². The lowest BCUT2D eigenvalue weighted by atomic mass is 10.2. The van der Waals surface area contributed by atoms with E-state index in [1.807, 2.05) is 24.3 Å². The monoisotopic (exact) mass is 401 g/mol. The maximum absolute atomic E-state index is 12.5. The van der Waals surface area contributed by atoms with Gasteiger partial charge in [0.2, 0.25) is 0 Å². The molecule has 2 heterocycles. The molecule has 1 aliphatic heterocycles. The highest BCUT2D eigenvalue weighted by molar-refractivity contribution is 7.81. The number of methoxy groups -OCH3 is 1. The summed E-state index contributed by atoms with van der Waals surface area (Å²) in [6.45, 7) is 0.992. The fourth-order valence-electron chi connectivity index (χ4n) is 3.07. The van der Waals surface area contributed by atoms with Crippen LogP contribution in [0.2, 0.25) is 0 Å². The van der Waals surface area contributed by atoms with Crippen LogP contribution in [0.25, 0.3) is 0 Å². The molecule has 3 rings (SSSR count). The molecule has 1 aromatic carbocycles. The van der Waals surface area contributed by atoms with E-state index in [4.69, 9.17) is 9.47 Å². The number of aromatic nitrogens is 1. The molecule has 0 aliphatic carbocycles. The third kappa shape index (κ3) is 5.16. The van der Waals surface area contributed by atoms with Gasteiger partial charge in [0.25, 0.3) is 5.91 Å². The largest absolute Gasteiger partial charge is 0.497 e. The summed E-state index contributed by atoms with van der Waals surface area (Å²) in [4.78, 5) is 30.3. The molecule has 0 radical (unpaired) electrons.